The molecule has 0 radical (unpaired) electrons. The Morgan fingerprint density at radius 2 is 2.35 bits per heavy atom. The maximum Gasteiger partial charge on any atom is 0.305 e. The van der Waals surface area contributed by atoms with E-state index in [2.05, 4.69) is 10.6 Å². The summed E-state index contributed by atoms with van der Waals surface area (Å²) in [5.74, 6) is -0.995. The quantitative estimate of drug-likeness (QED) is 0.719. The number of thiophene rings is 1. The summed E-state index contributed by atoms with van der Waals surface area (Å²) in [6.07, 6.45) is -0.0770. The molecule has 3 N–H and O–H groups in total. The molecule has 1 unspecified atom stereocenters. The van der Waals surface area contributed by atoms with Crippen molar-refractivity contribution in [2.45, 2.75) is 12.5 Å². The molecule has 6 heteroatoms. The van der Waals surface area contributed by atoms with Crippen LogP contribution in [0.4, 0.5) is 0 Å². The first-order valence-electron chi connectivity index (χ1n) is 5.43. The zero-order chi connectivity index (χ0) is 12.3. The highest BCUT2D eigenvalue weighted by molar-refractivity contribution is 7.10. The lowest BCUT2D eigenvalue weighted by atomic mass is 10.0. The number of nitrogens with one attached hydrogen (secondary N) is 2. The van der Waals surface area contributed by atoms with Crippen molar-refractivity contribution in [2.24, 2.45) is 5.92 Å². The maximum absolute atomic E-state index is 11.8. The van der Waals surface area contributed by atoms with Gasteiger partial charge in [0.05, 0.1) is 18.4 Å². The Labute approximate surface area is 103 Å². The zero-order valence-electron chi connectivity index (χ0n) is 9.18. The highest BCUT2D eigenvalue weighted by atomic mass is 32.1. The van der Waals surface area contributed by atoms with E-state index in [9.17, 15) is 9.59 Å². The van der Waals surface area contributed by atoms with E-state index in [1.165, 1.54) is 11.3 Å². The Bertz CT molecular complexity index is 401. The summed E-state index contributed by atoms with van der Waals surface area (Å²) in [6, 6.07) is 3.28. The van der Waals surface area contributed by atoms with E-state index in [1.54, 1.807) is 0 Å². The first-order chi connectivity index (χ1) is 8.16. The summed E-state index contributed by atoms with van der Waals surface area (Å²) >= 11 is 1.46. The van der Waals surface area contributed by atoms with Gasteiger partial charge in [-0.25, -0.2) is 0 Å². The molecule has 1 amide bonds. The summed E-state index contributed by atoms with van der Waals surface area (Å²) in [4.78, 5) is 23.4. The first-order valence-corrected chi connectivity index (χ1v) is 6.31. The van der Waals surface area contributed by atoms with Gasteiger partial charge in [0.25, 0.3) is 0 Å². The largest absolute Gasteiger partial charge is 0.481 e. The molecule has 2 heterocycles. The van der Waals surface area contributed by atoms with Crippen LogP contribution in [0.1, 0.15) is 17.3 Å². The van der Waals surface area contributed by atoms with Gasteiger partial charge in [0.1, 0.15) is 0 Å². The molecule has 0 aromatic carbocycles. The Morgan fingerprint density at radius 1 is 1.59 bits per heavy atom. The SMILES string of the molecule is O=C(O)CC(NC(=O)C1CNC1)c1cccs1. The van der Waals surface area contributed by atoms with Gasteiger partial charge in [0.2, 0.25) is 5.91 Å². The molecule has 1 aromatic rings. The average Bonchev–Trinajstić information content (AvgIpc) is 2.65. The average molecular weight is 254 g/mol. The molecule has 5 nitrogen and oxygen atoms in total. The second-order valence-electron chi connectivity index (χ2n) is 4.03. The number of hydrogen-bond donors (Lipinski definition) is 3. The normalized spacial score (nSPS) is 17.2. The van der Waals surface area contributed by atoms with Gasteiger partial charge < -0.3 is 15.7 Å². The third kappa shape index (κ3) is 3.04. The fraction of sp³-hybridized carbons (Fsp3) is 0.455. The van der Waals surface area contributed by atoms with Crippen molar-refractivity contribution in [2.75, 3.05) is 13.1 Å². The van der Waals surface area contributed by atoms with Gasteiger partial charge >= 0.3 is 5.97 Å². The molecule has 17 heavy (non-hydrogen) atoms. The van der Waals surface area contributed by atoms with Gasteiger partial charge in [0, 0.05) is 18.0 Å². The second-order valence-corrected chi connectivity index (χ2v) is 5.01. The Balaban J connectivity index is 2.00. The number of rotatable bonds is 5. The Morgan fingerprint density at radius 3 is 2.82 bits per heavy atom. The number of carboxylic acid groups (broad SMARTS) is 1. The summed E-state index contributed by atoms with van der Waals surface area (Å²) < 4.78 is 0. The molecule has 2 rings (SSSR count). The van der Waals surface area contributed by atoms with Crippen LogP contribution in [0, 0.1) is 5.92 Å². The lowest BCUT2D eigenvalue weighted by molar-refractivity contribution is -0.138. The summed E-state index contributed by atoms with van der Waals surface area (Å²) in [6.45, 7) is 1.35. The molecule has 0 aliphatic carbocycles. The highest BCUT2D eigenvalue weighted by Gasteiger charge is 2.28. The van der Waals surface area contributed by atoms with E-state index >= 15 is 0 Å². The maximum atomic E-state index is 11.8. The Kier molecular flexibility index (Phi) is 3.75. The number of amides is 1. The van der Waals surface area contributed by atoms with Crippen molar-refractivity contribution in [1.29, 1.82) is 0 Å². The van der Waals surface area contributed by atoms with Crippen LogP contribution in [-0.4, -0.2) is 30.1 Å². The molecule has 1 atom stereocenters. The molecule has 1 aromatic heterocycles. The number of carbonyl (C=O) groups excluding carboxylic acids is 1. The van der Waals surface area contributed by atoms with Crippen molar-refractivity contribution >= 4 is 23.2 Å². The summed E-state index contributed by atoms with van der Waals surface area (Å²) in [5, 5.41) is 16.5. The molecule has 1 saturated heterocycles. The molecular formula is C11H14N2O3S. The van der Waals surface area contributed by atoms with E-state index in [0.29, 0.717) is 13.1 Å². The van der Waals surface area contributed by atoms with E-state index in [-0.39, 0.29) is 18.2 Å². The smallest absolute Gasteiger partial charge is 0.305 e. The number of aliphatic carboxylic acids is 1. The third-order valence-electron chi connectivity index (χ3n) is 2.73. The third-order valence-corrected chi connectivity index (χ3v) is 3.72. The van der Waals surface area contributed by atoms with Crippen LogP contribution in [0.25, 0.3) is 0 Å². The highest BCUT2D eigenvalue weighted by Crippen LogP contribution is 2.22. The zero-order valence-corrected chi connectivity index (χ0v) is 10.00. The first kappa shape index (κ1) is 12.1. The molecule has 1 fully saturated rings. The van der Waals surface area contributed by atoms with E-state index in [1.807, 2.05) is 17.5 Å². The van der Waals surface area contributed by atoms with E-state index in [0.717, 1.165) is 4.88 Å². The number of carbonyl (C=O) groups is 2. The van der Waals surface area contributed by atoms with Crippen LogP contribution in [0.3, 0.4) is 0 Å². The van der Waals surface area contributed by atoms with Crippen molar-refractivity contribution in [1.82, 2.24) is 10.6 Å². The minimum absolute atomic E-state index is 0.0220. The minimum Gasteiger partial charge on any atom is -0.481 e. The minimum atomic E-state index is -0.907. The van der Waals surface area contributed by atoms with Gasteiger partial charge in [-0.15, -0.1) is 11.3 Å². The van der Waals surface area contributed by atoms with Gasteiger partial charge in [-0.2, -0.15) is 0 Å². The molecule has 0 bridgehead atoms. The van der Waals surface area contributed by atoms with Crippen LogP contribution < -0.4 is 10.6 Å². The molecule has 1 aliphatic heterocycles. The predicted octanol–water partition coefficient (Wildman–Crippen LogP) is 0.600. The number of carboxylic acids is 1. The monoisotopic (exact) mass is 254 g/mol. The topological polar surface area (TPSA) is 78.4 Å². The fourth-order valence-electron chi connectivity index (χ4n) is 1.65. The van der Waals surface area contributed by atoms with Gasteiger partial charge in [-0.3, -0.25) is 9.59 Å². The second kappa shape index (κ2) is 5.29. The molecule has 92 valence electrons. The van der Waals surface area contributed by atoms with Gasteiger partial charge in [-0.05, 0) is 11.4 Å². The number of hydrogen-bond acceptors (Lipinski definition) is 4. The molecule has 0 saturated carbocycles. The van der Waals surface area contributed by atoms with Gasteiger partial charge in [0.15, 0.2) is 0 Å². The lowest BCUT2D eigenvalue weighted by Crippen LogP contribution is -2.51. The molecular weight excluding hydrogens is 240 g/mol. The standard InChI is InChI=1S/C11H14N2O3S/c14-10(15)4-8(9-2-1-3-17-9)13-11(16)7-5-12-6-7/h1-3,7-8,12H,4-6H2,(H,13,16)(H,14,15). The Hall–Kier alpha value is -1.40. The van der Waals surface area contributed by atoms with Crippen LogP contribution in [-0.2, 0) is 9.59 Å². The van der Waals surface area contributed by atoms with Crippen molar-refractivity contribution in [3.05, 3.63) is 22.4 Å². The van der Waals surface area contributed by atoms with Crippen LogP contribution in [0.5, 0.6) is 0 Å². The van der Waals surface area contributed by atoms with Crippen molar-refractivity contribution in [3.8, 4) is 0 Å². The van der Waals surface area contributed by atoms with Crippen LogP contribution in [0.2, 0.25) is 0 Å². The van der Waals surface area contributed by atoms with E-state index in [4.69, 9.17) is 5.11 Å². The van der Waals surface area contributed by atoms with Crippen LogP contribution in [0.15, 0.2) is 17.5 Å². The predicted molar refractivity (Wildman–Crippen MR) is 63.8 cm³/mol. The van der Waals surface area contributed by atoms with Crippen molar-refractivity contribution in [3.63, 3.8) is 0 Å². The van der Waals surface area contributed by atoms with Crippen LogP contribution >= 0.6 is 11.3 Å². The summed E-state index contributed by atoms with van der Waals surface area (Å²) in [5.41, 5.74) is 0. The molecule has 1 aliphatic rings. The van der Waals surface area contributed by atoms with E-state index < -0.39 is 12.0 Å². The molecule has 0 spiro atoms. The lowest BCUT2D eigenvalue weighted by Gasteiger charge is -2.27. The van der Waals surface area contributed by atoms with Gasteiger partial charge in [-0.1, -0.05) is 6.07 Å². The van der Waals surface area contributed by atoms with Crippen molar-refractivity contribution < 1.29 is 14.7 Å². The fourth-order valence-corrected chi connectivity index (χ4v) is 2.43. The summed E-state index contributed by atoms with van der Waals surface area (Å²) in [7, 11) is 0.